The van der Waals surface area contributed by atoms with E-state index in [0.29, 0.717) is 16.9 Å². The lowest BCUT2D eigenvalue weighted by Crippen LogP contribution is -2.13. The number of nitrogens with zero attached hydrogens (tertiary/aromatic N) is 3. The molecule has 6 heteroatoms. The van der Waals surface area contributed by atoms with Gasteiger partial charge in [0.2, 0.25) is 0 Å². The Hall–Kier alpha value is -2.13. The standard InChI is InChI=1S/C11H10N4OS/c1-7-5-17-6-9(7)11(16)13-10-8(3-12)4-15(2)14-10/h4-6H,1-2H3,(H,13,14,16). The number of aryl methyl sites for hydroxylation is 2. The SMILES string of the molecule is Cc1cscc1C(=O)Nc1nn(C)cc1C#N. The minimum Gasteiger partial charge on any atom is -0.304 e. The highest BCUT2D eigenvalue weighted by Gasteiger charge is 2.14. The molecule has 0 spiro atoms. The van der Waals surface area contributed by atoms with E-state index < -0.39 is 0 Å². The molecule has 5 nitrogen and oxygen atoms in total. The van der Waals surface area contributed by atoms with Crippen LogP contribution in [-0.4, -0.2) is 15.7 Å². The highest BCUT2D eigenvalue weighted by molar-refractivity contribution is 7.08. The van der Waals surface area contributed by atoms with Gasteiger partial charge in [-0.1, -0.05) is 0 Å². The monoisotopic (exact) mass is 246 g/mol. The molecule has 1 amide bonds. The number of thiophene rings is 1. The van der Waals surface area contributed by atoms with Gasteiger partial charge in [-0.05, 0) is 17.9 Å². The van der Waals surface area contributed by atoms with Crippen molar-refractivity contribution in [3.05, 3.63) is 33.6 Å². The first-order valence-electron chi connectivity index (χ1n) is 4.89. The van der Waals surface area contributed by atoms with E-state index >= 15 is 0 Å². The van der Waals surface area contributed by atoms with Crippen molar-refractivity contribution in [1.29, 1.82) is 5.26 Å². The number of hydrogen-bond acceptors (Lipinski definition) is 4. The van der Waals surface area contributed by atoms with Gasteiger partial charge < -0.3 is 5.32 Å². The van der Waals surface area contributed by atoms with E-state index in [0.717, 1.165) is 5.56 Å². The lowest BCUT2D eigenvalue weighted by molar-refractivity contribution is 0.102. The van der Waals surface area contributed by atoms with Crippen LogP contribution < -0.4 is 5.32 Å². The number of rotatable bonds is 2. The summed E-state index contributed by atoms with van der Waals surface area (Å²) in [5.41, 5.74) is 1.89. The predicted octanol–water partition coefficient (Wildman–Crippen LogP) is 1.91. The molecule has 1 N–H and O–H groups in total. The zero-order chi connectivity index (χ0) is 12.4. The molecule has 2 aromatic heterocycles. The van der Waals surface area contributed by atoms with Gasteiger partial charge in [0.05, 0.1) is 5.56 Å². The Morgan fingerprint density at radius 3 is 2.94 bits per heavy atom. The summed E-state index contributed by atoms with van der Waals surface area (Å²) in [5.74, 6) is 0.0598. The fourth-order valence-electron chi connectivity index (χ4n) is 1.43. The lowest BCUT2D eigenvalue weighted by Gasteiger charge is -2.01. The summed E-state index contributed by atoms with van der Waals surface area (Å²) in [6.07, 6.45) is 1.57. The molecule has 0 saturated carbocycles. The summed E-state index contributed by atoms with van der Waals surface area (Å²) < 4.78 is 1.49. The fourth-order valence-corrected chi connectivity index (χ4v) is 2.26. The summed E-state index contributed by atoms with van der Waals surface area (Å²) >= 11 is 1.47. The van der Waals surface area contributed by atoms with Crippen LogP contribution in [0.2, 0.25) is 0 Å². The van der Waals surface area contributed by atoms with Gasteiger partial charge in [-0.15, -0.1) is 0 Å². The second-order valence-corrected chi connectivity index (χ2v) is 4.34. The van der Waals surface area contributed by atoms with E-state index in [-0.39, 0.29) is 5.91 Å². The molecule has 0 aliphatic rings. The van der Waals surface area contributed by atoms with Gasteiger partial charge >= 0.3 is 0 Å². The maximum Gasteiger partial charge on any atom is 0.258 e. The lowest BCUT2D eigenvalue weighted by atomic mass is 10.2. The number of carbonyl (C=O) groups is 1. The zero-order valence-corrected chi connectivity index (χ0v) is 10.2. The second-order valence-electron chi connectivity index (χ2n) is 3.60. The van der Waals surface area contributed by atoms with Gasteiger partial charge in [-0.2, -0.15) is 21.7 Å². The predicted molar refractivity (Wildman–Crippen MR) is 64.9 cm³/mol. The van der Waals surface area contributed by atoms with Crippen LogP contribution in [0.5, 0.6) is 0 Å². The number of anilines is 1. The van der Waals surface area contributed by atoms with Crippen molar-refractivity contribution in [2.45, 2.75) is 6.92 Å². The van der Waals surface area contributed by atoms with Crippen molar-refractivity contribution in [3.63, 3.8) is 0 Å². The maximum atomic E-state index is 11.9. The van der Waals surface area contributed by atoms with Crippen LogP contribution in [0.25, 0.3) is 0 Å². The second kappa shape index (κ2) is 4.39. The van der Waals surface area contributed by atoms with Gasteiger partial charge in [-0.25, -0.2) is 0 Å². The first kappa shape index (κ1) is 11.4. The van der Waals surface area contributed by atoms with Gasteiger partial charge in [0.15, 0.2) is 5.82 Å². The molecular formula is C11H10N4OS. The zero-order valence-electron chi connectivity index (χ0n) is 9.39. The van der Waals surface area contributed by atoms with E-state index in [1.165, 1.54) is 16.0 Å². The van der Waals surface area contributed by atoms with Crippen molar-refractivity contribution in [1.82, 2.24) is 9.78 Å². The summed E-state index contributed by atoms with van der Waals surface area (Å²) in [6, 6.07) is 1.99. The highest BCUT2D eigenvalue weighted by Crippen LogP contribution is 2.17. The van der Waals surface area contributed by atoms with Crippen LogP contribution in [0.15, 0.2) is 17.0 Å². The van der Waals surface area contributed by atoms with E-state index in [9.17, 15) is 4.79 Å². The molecule has 0 aromatic carbocycles. The molecule has 0 radical (unpaired) electrons. The average Bonchev–Trinajstić information content (AvgIpc) is 2.84. The van der Waals surface area contributed by atoms with Gasteiger partial charge in [0, 0.05) is 18.6 Å². The molecular weight excluding hydrogens is 236 g/mol. The average molecular weight is 246 g/mol. The fraction of sp³-hybridized carbons (Fsp3) is 0.182. The summed E-state index contributed by atoms with van der Waals surface area (Å²) in [4.78, 5) is 11.9. The van der Waals surface area contributed by atoms with E-state index in [4.69, 9.17) is 5.26 Å². The summed E-state index contributed by atoms with van der Waals surface area (Å²) in [5, 5.41) is 19.2. The number of carbonyl (C=O) groups excluding carboxylic acids is 1. The topological polar surface area (TPSA) is 70.7 Å². The van der Waals surface area contributed by atoms with Gasteiger partial charge in [0.1, 0.15) is 11.6 Å². The number of aromatic nitrogens is 2. The van der Waals surface area contributed by atoms with Crippen LogP contribution in [0.4, 0.5) is 5.82 Å². The Labute approximate surface area is 102 Å². The third kappa shape index (κ3) is 2.19. The van der Waals surface area contributed by atoms with Crippen LogP contribution in [0.3, 0.4) is 0 Å². The summed E-state index contributed by atoms with van der Waals surface area (Å²) in [6.45, 7) is 1.87. The quantitative estimate of drug-likeness (QED) is 0.879. The molecule has 0 saturated heterocycles. The Balaban J connectivity index is 2.25. The number of nitriles is 1. The molecule has 2 aromatic rings. The molecule has 0 unspecified atom stereocenters. The smallest absolute Gasteiger partial charge is 0.258 e. The molecule has 0 bridgehead atoms. The van der Waals surface area contributed by atoms with Crippen molar-refractivity contribution in [3.8, 4) is 6.07 Å². The minimum atomic E-state index is -0.237. The van der Waals surface area contributed by atoms with Crippen molar-refractivity contribution in [2.75, 3.05) is 5.32 Å². The highest BCUT2D eigenvalue weighted by atomic mass is 32.1. The number of hydrogen-bond donors (Lipinski definition) is 1. The summed E-state index contributed by atoms with van der Waals surface area (Å²) in [7, 11) is 1.70. The molecule has 2 heterocycles. The van der Waals surface area contributed by atoms with E-state index in [1.807, 2.05) is 18.4 Å². The number of amides is 1. The van der Waals surface area contributed by atoms with E-state index in [2.05, 4.69) is 10.4 Å². The Morgan fingerprint density at radius 2 is 2.35 bits per heavy atom. The van der Waals surface area contributed by atoms with Crippen LogP contribution in [-0.2, 0) is 7.05 Å². The molecule has 2 rings (SSSR count). The Morgan fingerprint density at radius 1 is 1.59 bits per heavy atom. The van der Waals surface area contributed by atoms with E-state index in [1.54, 1.807) is 18.6 Å². The first-order valence-corrected chi connectivity index (χ1v) is 5.84. The molecule has 86 valence electrons. The van der Waals surface area contributed by atoms with Crippen molar-refractivity contribution < 1.29 is 4.79 Å². The van der Waals surface area contributed by atoms with Crippen LogP contribution in [0.1, 0.15) is 21.5 Å². The van der Waals surface area contributed by atoms with Crippen LogP contribution >= 0.6 is 11.3 Å². The maximum absolute atomic E-state index is 11.9. The van der Waals surface area contributed by atoms with Crippen LogP contribution in [0, 0.1) is 18.3 Å². The molecule has 17 heavy (non-hydrogen) atoms. The molecule has 0 atom stereocenters. The third-order valence-electron chi connectivity index (χ3n) is 2.28. The number of nitrogens with one attached hydrogen (secondary N) is 1. The molecule has 0 aliphatic carbocycles. The van der Waals surface area contributed by atoms with Gasteiger partial charge in [0.25, 0.3) is 5.91 Å². The normalized spacial score (nSPS) is 9.94. The van der Waals surface area contributed by atoms with Crippen molar-refractivity contribution in [2.24, 2.45) is 7.05 Å². The van der Waals surface area contributed by atoms with Gasteiger partial charge in [-0.3, -0.25) is 9.48 Å². The molecule has 0 fully saturated rings. The molecule has 0 aliphatic heterocycles. The minimum absolute atomic E-state index is 0.237. The largest absolute Gasteiger partial charge is 0.304 e. The Kier molecular flexibility index (Phi) is 2.93. The Bertz CT molecular complexity index is 605. The first-order chi connectivity index (χ1) is 8.11. The van der Waals surface area contributed by atoms with Crippen molar-refractivity contribution >= 4 is 23.1 Å². The third-order valence-corrected chi connectivity index (χ3v) is 3.14.